The molecule has 0 aliphatic rings. The summed E-state index contributed by atoms with van der Waals surface area (Å²) in [5.74, 6) is 0.831. The first-order valence-corrected chi connectivity index (χ1v) is 6.85. The average Bonchev–Trinajstić information content (AvgIpc) is 2.62. The third-order valence-corrected chi connectivity index (χ3v) is 3.45. The van der Waals surface area contributed by atoms with E-state index in [0.29, 0.717) is 11.6 Å². The van der Waals surface area contributed by atoms with Crippen LogP contribution >= 0.6 is 0 Å². The standard InChI is InChI=1S/C14H25N5/c1-11(2)18(4)9-7-6-8-16-14-13(10-15)12(3)17-19(14)5/h11,16H,6-9H2,1-5H3. The Morgan fingerprint density at radius 1 is 1.42 bits per heavy atom. The lowest BCUT2D eigenvalue weighted by Crippen LogP contribution is -2.27. The van der Waals surface area contributed by atoms with Gasteiger partial charge >= 0.3 is 0 Å². The minimum absolute atomic E-state index is 0.595. The van der Waals surface area contributed by atoms with Crippen LogP contribution in [0.15, 0.2) is 0 Å². The van der Waals surface area contributed by atoms with Gasteiger partial charge in [0.15, 0.2) is 0 Å². The van der Waals surface area contributed by atoms with Crippen LogP contribution in [-0.2, 0) is 7.05 Å². The van der Waals surface area contributed by atoms with Crippen LogP contribution in [0.4, 0.5) is 5.82 Å². The highest BCUT2D eigenvalue weighted by atomic mass is 15.3. The van der Waals surface area contributed by atoms with Gasteiger partial charge in [0.2, 0.25) is 0 Å². The van der Waals surface area contributed by atoms with Crippen molar-refractivity contribution >= 4 is 5.82 Å². The SMILES string of the molecule is Cc1nn(C)c(NCCCCN(C)C(C)C)c1C#N. The van der Waals surface area contributed by atoms with Crippen molar-refractivity contribution in [3.63, 3.8) is 0 Å². The molecule has 0 bridgehead atoms. The van der Waals surface area contributed by atoms with Crippen LogP contribution in [0.1, 0.15) is 37.9 Å². The highest BCUT2D eigenvalue weighted by molar-refractivity contribution is 5.54. The van der Waals surface area contributed by atoms with Crippen LogP contribution in [0.5, 0.6) is 0 Å². The predicted octanol–water partition coefficient (Wildman–Crippen LogP) is 2.13. The minimum atomic E-state index is 0.595. The maximum Gasteiger partial charge on any atom is 0.142 e. The number of hydrogen-bond acceptors (Lipinski definition) is 4. The van der Waals surface area contributed by atoms with Gasteiger partial charge in [0, 0.05) is 19.6 Å². The van der Waals surface area contributed by atoms with E-state index in [-0.39, 0.29) is 0 Å². The monoisotopic (exact) mass is 263 g/mol. The number of unbranched alkanes of at least 4 members (excludes halogenated alkanes) is 1. The Kier molecular flexibility index (Phi) is 5.84. The quantitative estimate of drug-likeness (QED) is 0.766. The molecular formula is C14H25N5. The van der Waals surface area contributed by atoms with Crippen molar-refractivity contribution in [3.8, 4) is 6.07 Å². The molecule has 1 rings (SSSR count). The van der Waals surface area contributed by atoms with E-state index in [1.54, 1.807) is 4.68 Å². The van der Waals surface area contributed by atoms with Crippen molar-refractivity contribution in [1.29, 1.82) is 5.26 Å². The van der Waals surface area contributed by atoms with Crippen LogP contribution in [0.2, 0.25) is 0 Å². The van der Waals surface area contributed by atoms with E-state index in [4.69, 9.17) is 5.26 Å². The highest BCUT2D eigenvalue weighted by Gasteiger charge is 2.11. The van der Waals surface area contributed by atoms with Gasteiger partial charge in [0.1, 0.15) is 17.5 Å². The van der Waals surface area contributed by atoms with Crippen LogP contribution in [-0.4, -0.2) is 40.9 Å². The second-order valence-corrected chi connectivity index (χ2v) is 5.25. The number of anilines is 1. The first kappa shape index (κ1) is 15.5. The summed E-state index contributed by atoms with van der Waals surface area (Å²) in [6.45, 7) is 8.25. The summed E-state index contributed by atoms with van der Waals surface area (Å²) in [6.07, 6.45) is 2.24. The Hall–Kier alpha value is -1.54. The minimum Gasteiger partial charge on any atom is -0.369 e. The van der Waals surface area contributed by atoms with Gasteiger partial charge in [0.05, 0.1) is 5.69 Å². The van der Waals surface area contributed by atoms with Gasteiger partial charge in [-0.05, 0) is 47.2 Å². The van der Waals surface area contributed by atoms with Gasteiger partial charge in [-0.1, -0.05) is 0 Å². The van der Waals surface area contributed by atoms with Crippen molar-refractivity contribution in [2.75, 3.05) is 25.5 Å². The Morgan fingerprint density at radius 2 is 2.11 bits per heavy atom. The molecule has 1 heterocycles. The first-order chi connectivity index (χ1) is 8.97. The smallest absolute Gasteiger partial charge is 0.142 e. The molecule has 0 atom stereocenters. The van der Waals surface area contributed by atoms with E-state index in [1.807, 2.05) is 14.0 Å². The van der Waals surface area contributed by atoms with Crippen LogP contribution in [0.3, 0.4) is 0 Å². The van der Waals surface area contributed by atoms with Crippen molar-refractivity contribution in [1.82, 2.24) is 14.7 Å². The lowest BCUT2D eigenvalue weighted by Gasteiger charge is -2.20. The molecule has 19 heavy (non-hydrogen) atoms. The van der Waals surface area contributed by atoms with Gasteiger partial charge in [-0.2, -0.15) is 10.4 Å². The van der Waals surface area contributed by atoms with E-state index < -0.39 is 0 Å². The molecule has 106 valence electrons. The lowest BCUT2D eigenvalue weighted by molar-refractivity contribution is 0.269. The van der Waals surface area contributed by atoms with E-state index in [1.165, 1.54) is 0 Å². The Labute approximate surface area is 116 Å². The fourth-order valence-corrected chi connectivity index (χ4v) is 1.95. The van der Waals surface area contributed by atoms with E-state index in [2.05, 4.69) is 42.3 Å². The van der Waals surface area contributed by atoms with Gasteiger partial charge in [-0.15, -0.1) is 0 Å². The number of rotatable bonds is 7. The maximum atomic E-state index is 9.10. The Bertz CT molecular complexity index is 441. The normalized spacial score (nSPS) is 11.1. The number of aryl methyl sites for hydroxylation is 2. The maximum absolute atomic E-state index is 9.10. The molecule has 0 fully saturated rings. The molecular weight excluding hydrogens is 238 g/mol. The van der Waals surface area contributed by atoms with Crippen LogP contribution in [0.25, 0.3) is 0 Å². The molecule has 0 aromatic carbocycles. The summed E-state index contributed by atoms with van der Waals surface area (Å²) in [4.78, 5) is 2.34. The van der Waals surface area contributed by atoms with Crippen molar-refractivity contribution in [3.05, 3.63) is 11.3 Å². The Balaban J connectivity index is 2.37. The van der Waals surface area contributed by atoms with Crippen molar-refractivity contribution in [2.24, 2.45) is 7.05 Å². The summed E-state index contributed by atoms with van der Waals surface area (Å²) in [5.41, 5.74) is 1.44. The second-order valence-electron chi connectivity index (χ2n) is 5.25. The summed E-state index contributed by atoms with van der Waals surface area (Å²) < 4.78 is 1.74. The fourth-order valence-electron chi connectivity index (χ4n) is 1.95. The largest absolute Gasteiger partial charge is 0.369 e. The number of nitriles is 1. The van der Waals surface area contributed by atoms with Crippen molar-refractivity contribution < 1.29 is 0 Å². The predicted molar refractivity (Wildman–Crippen MR) is 78.1 cm³/mol. The fraction of sp³-hybridized carbons (Fsp3) is 0.714. The first-order valence-electron chi connectivity index (χ1n) is 6.85. The lowest BCUT2D eigenvalue weighted by atomic mass is 10.2. The molecule has 1 aromatic heterocycles. The van der Waals surface area contributed by atoms with E-state index in [0.717, 1.165) is 37.4 Å². The molecule has 0 saturated carbocycles. The highest BCUT2D eigenvalue weighted by Crippen LogP contribution is 2.17. The second kappa shape index (κ2) is 7.15. The molecule has 5 heteroatoms. The third kappa shape index (κ3) is 4.25. The zero-order valence-corrected chi connectivity index (χ0v) is 12.7. The zero-order valence-electron chi connectivity index (χ0n) is 12.7. The molecule has 0 radical (unpaired) electrons. The molecule has 1 N–H and O–H groups in total. The van der Waals surface area contributed by atoms with Crippen molar-refractivity contribution in [2.45, 2.75) is 39.7 Å². The Morgan fingerprint density at radius 3 is 2.68 bits per heavy atom. The molecule has 0 spiro atoms. The summed E-state index contributed by atoms with van der Waals surface area (Å²) in [6, 6.07) is 2.80. The molecule has 5 nitrogen and oxygen atoms in total. The van der Waals surface area contributed by atoms with Crippen LogP contribution in [0, 0.1) is 18.3 Å². The van der Waals surface area contributed by atoms with Gasteiger partial charge in [-0.25, -0.2) is 0 Å². The molecule has 0 aliphatic heterocycles. The average molecular weight is 263 g/mol. The number of aromatic nitrogens is 2. The van der Waals surface area contributed by atoms with Crippen LogP contribution < -0.4 is 5.32 Å². The molecule has 0 unspecified atom stereocenters. The number of hydrogen-bond donors (Lipinski definition) is 1. The molecule has 0 aliphatic carbocycles. The summed E-state index contributed by atoms with van der Waals surface area (Å²) >= 11 is 0. The third-order valence-electron chi connectivity index (χ3n) is 3.45. The molecule has 1 aromatic rings. The van der Waals surface area contributed by atoms with Gasteiger partial charge in [-0.3, -0.25) is 4.68 Å². The summed E-state index contributed by atoms with van der Waals surface area (Å²) in [7, 11) is 4.01. The summed E-state index contributed by atoms with van der Waals surface area (Å²) in [5, 5.41) is 16.7. The van der Waals surface area contributed by atoms with E-state index >= 15 is 0 Å². The molecule has 0 saturated heterocycles. The topological polar surface area (TPSA) is 56.9 Å². The number of nitrogens with zero attached hydrogens (tertiary/aromatic N) is 4. The van der Waals surface area contributed by atoms with Gasteiger partial charge in [0.25, 0.3) is 0 Å². The number of nitrogens with one attached hydrogen (secondary N) is 1. The van der Waals surface area contributed by atoms with Gasteiger partial charge < -0.3 is 10.2 Å². The zero-order chi connectivity index (χ0) is 14.4. The molecule has 0 amide bonds. The van der Waals surface area contributed by atoms with E-state index in [9.17, 15) is 0 Å².